The van der Waals surface area contributed by atoms with Gasteiger partial charge in [-0.25, -0.2) is 9.78 Å². The Labute approximate surface area is 117 Å². The molecule has 20 heavy (non-hydrogen) atoms. The molecule has 0 aromatic carbocycles. The van der Waals surface area contributed by atoms with E-state index in [0.29, 0.717) is 25.4 Å². The quantitative estimate of drug-likeness (QED) is 0.716. The van der Waals surface area contributed by atoms with Crippen LogP contribution in [0.4, 0.5) is 5.82 Å². The van der Waals surface area contributed by atoms with E-state index in [1.54, 1.807) is 11.5 Å². The fourth-order valence-corrected chi connectivity index (χ4v) is 1.86. The van der Waals surface area contributed by atoms with E-state index in [9.17, 15) is 9.59 Å². The number of nitrogen functional groups attached to an aromatic ring is 1. The third-order valence-corrected chi connectivity index (χ3v) is 3.09. The summed E-state index contributed by atoms with van der Waals surface area (Å²) >= 11 is 0. The summed E-state index contributed by atoms with van der Waals surface area (Å²) < 4.78 is 6.52. The van der Waals surface area contributed by atoms with Gasteiger partial charge in [-0.05, 0) is 26.2 Å². The number of nitrogens with two attached hydrogens (primary N) is 1. The minimum atomic E-state index is -0.518. The van der Waals surface area contributed by atoms with Gasteiger partial charge in [-0.1, -0.05) is 0 Å². The zero-order valence-electron chi connectivity index (χ0n) is 11.6. The molecule has 1 aliphatic carbocycles. The van der Waals surface area contributed by atoms with Crippen molar-refractivity contribution in [1.29, 1.82) is 0 Å². The summed E-state index contributed by atoms with van der Waals surface area (Å²) in [7, 11) is 0. The Morgan fingerprint density at radius 2 is 2.30 bits per heavy atom. The summed E-state index contributed by atoms with van der Waals surface area (Å²) in [5.74, 6) is -0.168. The number of anilines is 1. The highest BCUT2D eigenvalue weighted by Crippen LogP contribution is 2.19. The summed E-state index contributed by atoms with van der Waals surface area (Å²) in [5, 5.41) is 2.93. The summed E-state index contributed by atoms with van der Waals surface area (Å²) in [6, 6.07) is 0.385. The van der Waals surface area contributed by atoms with Gasteiger partial charge in [0.25, 0.3) is 0 Å². The average Bonchev–Trinajstić information content (AvgIpc) is 3.13. The Morgan fingerprint density at radius 1 is 1.55 bits per heavy atom. The van der Waals surface area contributed by atoms with Gasteiger partial charge < -0.3 is 20.4 Å². The van der Waals surface area contributed by atoms with Crippen molar-refractivity contribution in [3.05, 3.63) is 12.0 Å². The highest BCUT2D eigenvalue weighted by atomic mass is 16.5. The van der Waals surface area contributed by atoms with E-state index in [4.69, 9.17) is 10.5 Å². The Balaban J connectivity index is 1.80. The van der Waals surface area contributed by atoms with Gasteiger partial charge in [-0.15, -0.1) is 0 Å². The minimum absolute atomic E-state index is 0.0665. The van der Waals surface area contributed by atoms with Gasteiger partial charge in [-0.3, -0.25) is 4.79 Å². The second-order valence-electron chi connectivity index (χ2n) is 4.84. The van der Waals surface area contributed by atoms with Crippen LogP contribution in [0.2, 0.25) is 0 Å². The molecular weight excluding hydrogens is 260 g/mol. The Morgan fingerprint density at radius 3 is 2.95 bits per heavy atom. The van der Waals surface area contributed by atoms with Gasteiger partial charge in [-0.2, -0.15) is 0 Å². The number of rotatable bonds is 7. The zero-order chi connectivity index (χ0) is 14.5. The molecule has 1 aliphatic rings. The number of nitrogens with one attached hydrogen (secondary N) is 1. The topological polar surface area (TPSA) is 99.2 Å². The van der Waals surface area contributed by atoms with Crippen molar-refractivity contribution in [1.82, 2.24) is 14.9 Å². The number of imidazole rings is 1. The van der Waals surface area contributed by atoms with Crippen LogP contribution in [0.1, 0.15) is 43.1 Å². The number of ether oxygens (including phenoxy) is 1. The number of aromatic nitrogens is 2. The second kappa shape index (κ2) is 6.40. The standard InChI is InChI=1S/C13H20N4O3/c1-2-20-13(19)11-12(14)17(8-15-11)7-3-4-10(18)16-9-5-6-9/h8-9H,2-7,14H2,1H3,(H,16,18). The Hall–Kier alpha value is -2.05. The molecule has 7 heteroatoms. The maximum Gasteiger partial charge on any atom is 0.360 e. The number of hydrogen-bond donors (Lipinski definition) is 2. The lowest BCUT2D eigenvalue weighted by atomic mass is 10.3. The molecular formula is C13H20N4O3. The molecule has 1 amide bonds. The molecule has 1 fully saturated rings. The van der Waals surface area contributed by atoms with E-state index in [0.717, 1.165) is 12.8 Å². The minimum Gasteiger partial charge on any atom is -0.461 e. The fraction of sp³-hybridized carbons (Fsp3) is 0.615. The van der Waals surface area contributed by atoms with Crippen molar-refractivity contribution in [2.45, 2.75) is 45.2 Å². The molecule has 2 rings (SSSR count). The molecule has 0 aliphatic heterocycles. The average molecular weight is 280 g/mol. The van der Waals surface area contributed by atoms with Gasteiger partial charge in [0, 0.05) is 19.0 Å². The van der Waals surface area contributed by atoms with Crippen LogP contribution >= 0.6 is 0 Å². The smallest absolute Gasteiger partial charge is 0.360 e. The number of carbonyl (C=O) groups is 2. The molecule has 0 radical (unpaired) electrons. The fourth-order valence-electron chi connectivity index (χ4n) is 1.86. The first-order chi connectivity index (χ1) is 9.61. The highest BCUT2D eigenvalue weighted by molar-refractivity contribution is 5.92. The summed E-state index contributed by atoms with van der Waals surface area (Å²) in [6.07, 6.45) is 4.77. The molecule has 0 spiro atoms. The molecule has 0 atom stereocenters. The van der Waals surface area contributed by atoms with Gasteiger partial charge >= 0.3 is 5.97 Å². The monoisotopic (exact) mass is 280 g/mol. The van der Waals surface area contributed by atoms with Crippen LogP contribution in [0.3, 0.4) is 0 Å². The SMILES string of the molecule is CCOC(=O)c1ncn(CCCC(=O)NC2CC2)c1N. The first kappa shape index (κ1) is 14.4. The van der Waals surface area contributed by atoms with Crippen LogP contribution in [0.15, 0.2) is 6.33 Å². The third-order valence-electron chi connectivity index (χ3n) is 3.09. The molecule has 1 saturated carbocycles. The van der Waals surface area contributed by atoms with Crippen molar-refractivity contribution in [2.24, 2.45) is 0 Å². The summed E-state index contributed by atoms with van der Waals surface area (Å²) in [5.41, 5.74) is 5.97. The van der Waals surface area contributed by atoms with E-state index >= 15 is 0 Å². The number of esters is 1. The van der Waals surface area contributed by atoms with Crippen molar-refractivity contribution >= 4 is 17.7 Å². The molecule has 0 unspecified atom stereocenters. The molecule has 0 saturated heterocycles. The number of hydrogen-bond acceptors (Lipinski definition) is 5. The van der Waals surface area contributed by atoms with Gasteiger partial charge in [0.15, 0.2) is 5.69 Å². The maximum atomic E-state index is 11.5. The summed E-state index contributed by atoms with van der Waals surface area (Å²) in [6.45, 7) is 2.56. The molecule has 7 nitrogen and oxygen atoms in total. The van der Waals surface area contributed by atoms with E-state index in [2.05, 4.69) is 10.3 Å². The Kier molecular flexibility index (Phi) is 4.60. The molecule has 3 N–H and O–H groups in total. The number of carbonyl (C=O) groups excluding carboxylic acids is 2. The van der Waals surface area contributed by atoms with Crippen molar-refractivity contribution < 1.29 is 14.3 Å². The molecule has 1 aromatic rings. The predicted octanol–water partition coefficient (Wildman–Crippen LogP) is 0.701. The van der Waals surface area contributed by atoms with Crippen LogP contribution in [0, 0.1) is 0 Å². The lowest BCUT2D eigenvalue weighted by Crippen LogP contribution is -2.25. The van der Waals surface area contributed by atoms with Crippen LogP contribution < -0.4 is 11.1 Å². The maximum absolute atomic E-state index is 11.5. The Bertz CT molecular complexity index is 494. The second-order valence-corrected chi connectivity index (χ2v) is 4.84. The van der Waals surface area contributed by atoms with Crippen LogP contribution in [-0.2, 0) is 16.1 Å². The zero-order valence-corrected chi connectivity index (χ0v) is 11.6. The highest BCUT2D eigenvalue weighted by Gasteiger charge is 2.23. The molecule has 1 aromatic heterocycles. The van der Waals surface area contributed by atoms with Crippen molar-refractivity contribution in [3.63, 3.8) is 0 Å². The first-order valence-electron chi connectivity index (χ1n) is 6.89. The third kappa shape index (κ3) is 3.72. The van der Waals surface area contributed by atoms with E-state index < -0.39 is 5.97 Å². The van der Waals surface area contributed by atoms with Gasteiger partial charge in [0.2, 0.25) is 5.91 Å². The molecule has 1 heterocycles. The lowest BCUT2D eigenvalue weighted by Gasteiger charge is -2.06. The summed E-state index contributed by atoms with van der Waals surface area (Å²) in [4.78, 5) is 27.0. The number of aryl methyl sites for hydroxylation is 1. The van der Waals surface area contributed by atoms with Crippen molar-refractivity contribution in [3.8, 4) is 0 Å². The van der Waals surface area contributed by atoms with E-state index in [-0.39, 0.29) is 24.0 Å². The van der Waals surface area contributed by atoms with Gasteiger partial charge in [0.05, 0.1) is 12.9 Å². The first-order valence-corrected chi connectivity index (χ1v) is 6.89. The van der Waals surface area contributed by atoms with Crippen molar-refractivity contribution in [2.75, 3.05) is 12.3 Å². The predicted molar refractivity (Wildman–Crippen MR) is 73.0 cm³/mol. The largest absolute Gasteiger partial charge is 0.461 e. The van der Waals surface area contributed by atoms with E-state index in [1.807, 2.05) is 0 Å². The van der Waals surface area contributed by atoms with Crippen LogP contribution in [0.5, 0.6) is 0 Å². The van der Waals surface area contributed by atoms with Crippen LogP contribution in [-0.4, -0.2) is 34.1 Å². The van der Waals surface area contributed by atoms with E-state index in [1.165, 1.54) is 6.33 Å². The number of nitrogens with zero attached hydrogens (tertiary/aromatic N) is 2. The number of amides is 1. The normalized spacial score (nSPS) is 14.1. The molecule has 110 valence electrons. The lowest BCUT2D eigenvalue weighted by molar-refractivity contribution is -0.121. The van der Waals surface area contributed by atoms with Gasteiger partial charge in [0.1, 0.15) is 5.82 Å². The molecule has 0 bridgehead atoms. The van der Waals surface area contributed by atoms with Crippen LogP contribution in [0.25, 0.3) is 0 Å².